The van der Waals surface area contributed by atoms with Gasteiger partial charge < -0.3 is 57.7 Å². The molecule has 1 amide bonds. The first kappa shape index (κ1) is 90.1. The van der Waals surface area contributed by atoms with Crippen LogP contribution in [0.3, 0.4) is 0 Å². The van der Waals surface area contributed by atoms with Gasteiger partial charge in [0, 0.05) is 249 Å². The first-order valence-electron chi connectivity index (χ1n) is 40.9. The number of methoxy groups -OCH3 is 6. The van der Waals surface area contributed by atoms with Gasteiger partial charge in [0.15, 0.2) is 0 Å². The molecule has 648 valence electrons. The second kappa shape index (κ2) is 42.6. The van der Waals surface area contributed by atoms with Crippen LogP contribution in [0, 0.1) is 0 Å². The lowest BCUT2D eigenvalue weighted by Crippen LogP contribution is -2.54. The Morgan fingerprint density at radius 2 is 0.871 bits per heavy atom. The number of amides is 1. The molecule has 1 unspecified atom stereocenters. The molecule has 7 aromatic heterocycles. The number of benzene rings is 7. The van der Waals surface area contributed by atoms with Crippen LogP contribution in [0.15, 0.2) is 220 Å². The van der Waals surface area contributed by atoms with E-state index in [0.717, 1.165) is 240 Å². The number of aryl methyl sites for hydroxylation is 2. The Labute approximate surface area is 727 Å². The summed E-state index contributed by atoms with van der Waals surface area (Å²) in [6.07, 6.45) is 25.7. The minimum Gasteiger partial charge on any atom is -0.497 e. The summed E-state index contributed by atoms with van der Waals surface area (Å²) in [4.78, 5) is 61.0. The maximum Gasteiger partial charge on any atom is 0.219 e. The summed E-state index contributed by atoms with van der Waals surface area (Å²) < 4.78 is 44.9. The van der Waals surface area contributed by atoms with E-state index in [0.29, 0.717) is 24.1 Å². The smallest absolute Gasteiger partial charge is 0.219 e. The number of nitrogens with zero attached hydrogens (tertiary/aromatic N) is 20. The Morgan fingerprint density at radius 1 is 0.435 bits per heavy atom. The molecule has 0 aliphatic carbocycles. The average Bonchev–Trinajstić information content (AvgIpc) is 1.41. The quantitative estimate of drug-likeness (QED) is 0.0464. The van der Waals surface area contributed by atoms with Gasteiger partial charge in [0.25, 0.3) is 0 Å². The number of aromatic nitrogens is 13. The molecule has 14 aromatic rings. The standard InChI is InChI=1S/C34H38N6O3.C33H42N8O3.C26H24N6O2.3CH4/c1-38(23-25-9-5-4-6-10-25)14-15-39(28-17-29(41-2)20-30(18-28)42-3)27-12-13-31-32(19-27)37-33(22-35-31)26-21-36-40(24-26)34-11-7-8-16-43-34;1-24(42)39-9-7-26(8-10-39)40-14-11-38(12-15-40)13-16-41(28-17-29(43-3)20-30(18-28)44-4)27-5-6-31-32(19-27)36-33(22-34-31)25-21-35-37(2)23-25;1-31-17-19(14-29-31)26-15-28-24-5-4-20(12-25(24)30-26)32(16-18-6-8-27-9-7-18)21-10-22(33-2)13-23(11-21)34-3;;;/h4-6,9-10,12-13,17-22,24,34H,7-8,11,14-16,23H2,1-3H3;5-6,17-23,26H,7-16H2,1-4H3;4-15,17H,16H2,1-3H3;3*1H4. The number of rotatable bonds is 27. The van der Waals surface area contributed by atoms with E-state index in [-0.39, 0.29) is 34.4 Å². The van der Waals surface area contributed by atoms with Crippen molar-refractivity contribution < 1.29 is 38.0 Å². The number of pyridine rings is 1. The number of anilines is 6. The number of fused-ring (bicyclic) bond motifs is 3. The molecule has 28 nitrogen and oxygen atoms in total. The van der Waals surface area contributed by atoms with Gasteiger partial charge in [-0.25, -0.2) is 19.6 Å². The Kier molecular flexibility index (Phi) is 30.9. The second-order valence-corrected chi connectivity index (χ2v) is 30.4. The molecule has 0 bridgehead atoms. The fourth-order valence-electron chi connectivity index (χ4n) is 15.6. The van der Waals surface area contributed by atoms with E-state index < -0.39 is 0 Å². The Hall–Kier alpha value is -13.2. The van der Waals surface area contributed by atoms with Crippen LogP contribution in [0.5, 0.6) is 34.5 Å². The minimum atomic E-state index is -0.0176. The highest BCUT2D eigenvalue weighted by Gasteiger charge is 2.30. The molecule has 124 heavy (non-hydrogen) atoms. The van der Waals surface area contributed by atoms with Crippen molar-refractivity contribution in [3.63, 3.8) is 0 Å². The maximum atomic E-state index is 11.7. The van der Waals surface area contributed by atoms with Gasteiger partial charge in [0.05, 0.1) is 130 Å². The molecule has 7 aromatic carbocycles. The number of piperidine rings is 1. The number of carbonyl (C=O) groups is 1. The van der Waals surface area contributed by atoms with Gasteiger partial charge in [0.2, 0.25) is 5.91 Å². The first-order valence-corrected chi connectivity index (χ1v) is 40.9. The number of ether oxygens (including phenoxy) is 7. The summed E-state index contributed by atoms with van der Waals surface area (Å²) in [6.45, 7) is 13.1. The van der Waals surface area contributed by atoms with Crippen LogP contribution in [0.4, 0.5) is 34.1 Å². The molecule has 0 saturated carbocycles. The third kappa shape index (κ3) is 22.4. The highest BCUT2D eigenvalue weighted by Crippen LogP contribution is 2.40. The van der Waals surface area contributed by atoms with Crippen molar-refractivity contribution in [3.05, 3.63) is 231 Å². The van der Waals surface area contributed by atoms with Gasteiger partial charge in [-0.3, -0.25) is 43.9 Å². The van der Waals surface area contributed by atoms with Gasteiger partial charge in [-0.1, -0.05) is 52.6 Å². The van der Waals surface area contributed by atoms with Gasteiger partial charge in [0.1, 0.15) is 40.7 Å². The van der Waals surface area contributed by atoms with E-state index in [4.69, 9.17) is 53.1 Å². The lowest BCUT2D eigenvalue weighted by molar-refractivity contribution is -0.130. The number of likely N-dealkylation sites (N-methyl/N-ethyl adjacent to an activating group) is 1. The molecule has 0 spiro atoms. The predicted octanol–water partition coefficient (Wildman–Crippen LogP) is 17.0. The number of hydrogen-bond donors (Lipinski definition) is 0. The Morgan fingerprint density at radius 3 is 1.31 bits per heavy atom. The number of carbonyl (C=O) groups excluding carboxylic acids is 1. The lowest BCUT2D eigenvalue weighted by atomic mass is 10.0. The summed E-state index contributed by atoms with van der Waals surface area (Å²) in [5.41, 5.74) is 18.4. The van der Waals surface area contributed by atoms with Crippen LogP contribution in [0.1, 0.15) is 78.7 Å². The fraction of sp³-hybridized carbons (Fsp3) is 0.344. The molecule has 3 aliphatic heterocycles. The molecule has 3 fully saturated rings. The van der Waals surface area contributed by atoms with Crippen molar-refractivity contribution in [2.24, 2.45) is 14.1 Å². The van der Waals surface area contributed by atoms with E-state index in [2.05, 4.69) is 133 Å². The molecule has 10 heterocycles. The number of hydrogen-bond acceptors (Lipinski definition) is 24. The van der Waals surface area contributed by atoms with Crippen LogP contribution < -0.4 is 43.1 Å². The zero-order chi connectivity index (χ0) is 83.7. The largest absolute Gasteiger partial charge is 0.497 e. The van der Waals surface area contributed by atoms with E-state index in [1.807, 2.05) is 146 Å². The summed E-state index contributed by atoms with van der Waals surface area (Å²) in [7, 11) is 15.9. The van der Waals surface area contributed by atoms with E-state index >= 15 is 0 Å². The summed E-state index contributed by atoms with van der Waals surface area (Å²) in [5, 5.41) is 13.1. The van der Waals surface area contributed by atoms with Crippen LogP contribution in [-0.4, -0.2) is 218 Å². The zero-order valence-electron chi connectivity index (χ0n) is 70.4. The van der Waals surface area contributed by atoms with E-state index in [1.165, 1.54) is 5.56 Å². The third-order valence-corrected chi connectivity index (χ3v) is 22.4. The molecule has 28 heteroatoms. The van der Waals surface area contributed by atoms with Crippen LogP contribution >= 0.6 is 0 Å². The maximum absolute atomic E-state index is 11.7. The molecule has 0 radical (unpaired) electrons. The van der Waals surface area contributed by atoms with Crippen LogP contribution in [0.2, 0.25) is 0 Å². The van der Waals surface area contributed by atoms with Crippen molar-refractivity contribution in [1.29, 1.82) is 0 Å². The fourth-order valence-corrected chi connectivity index (χ4v) is 15.6. The summed E-state index contributed by atoms with van der Waals surface area (Å²) >= 11 is 0. The third-order valence-electron chi connectivity index (χ3n) is 22.4. The monoisotopic (exact) mass is 1680 g/mol. The summed E-state index contributed by atoms with van der Waals surface area (Å²) in [5.74, 6) is 4.58. The zero-order valence-corrected chi connectivity index (χ0v) is 70.4. The second-order valence-electron chi connectivity index (χ2n) is 30.4. The van der Waals surface area contributed by atoms with E-state index in [9.17, 15) is 4.79 Å². The first-order chi connectivity index (χ1) is 59.1. The molecular formula is C96H116N20O8. The Balaban J connectivity index is 0.000000169. The minimum absolute atomic E-state index is 0. The van der Waals surface area contributed by atoms with Gasteiger partial charge in [-0.05, 0) is 117 Å². The van der Waals surface area contributed by atoms with Crippen LogP contribution in [0.25, 0.3) is 66.9 Å². The van der Waals surface area contributed by atoms with Crippen molar-refractivity contribution in [2.75, 3.05) is 136 Å². The summed E-state index contributed by atoms with van der Waals surface area (Å²) in [6, 6.07) is 51.5. The highest BCUT2D eigenvalue weighted by molar-refractivity contribution is 5.86. The number of piperazine rings is 1. The lowest BCUT2D eigenvalue weighted by Gasteiger charge is -2.43. The van der Waals surface area contributed by atoms with E-state index in [1.54, 1.807) is 89.9 Å². The molecule has 17 rings (SSSR count). The predicted molar refractivity (Wildman–Crippen MR) is 492 cm³/mol. The number of likely N-dealkylation sites (tertiary alicyclic amines) is 1. The Bertz CT molecular complexity index is 5730. The van der Waals surface area contributed by atoms with Crippen molar-refractivity contribution >= 4 is 73.1 Å². The van der Waals surface area contributed by atoms with Crippen molar-refractivity contribution in [1.82, 2.24) is 83.8 Å². The molecule has 1 atom stereocenters. The molecule has 3 aliphatic rings. The SMILES string of the molecule is C.C.C.COc1cc(OC)cc(N(CCN(C)Cc2ccccc2)c2ccc3ncc(-c4cnn(C5CCCCO5)c4)nc3c2)c1.COc1cc(OC)cc(N(CCN2CCN(C3CCN(C(C)=O)CC3)CC2)c2ccc3ncc(-c4cnn(C)c4)nc3c2)c1.COc1cc(OC)cc(N(Cc2ccncc2)c2ccc3ncc(-c4cnn(C)c4)nc3c2)c1. The van der Waals surface area contributed by atoms with Gasteiger partial charge in [-0.15, -0.1) is 0 Å². The topological polar surface area (TPSA) is 248 Å². The highest BCUT2D eigenvalue weighted by atomic mass is 16.5. The normalized spacial score (nSPS) is 14.2. The van der Waals surface area contributed by atoms with Crippen LogP contribution in [-0.2, 0) is 36.7 Å². The van der Waals surface area contributed by atoms with Gasteiger partial charge >= 0.3 is 0 Å². The van der Waals surface area contributed by atoms with Gasteiger partial charge in [-0.2, -0.15) is 15.3 Å². The molecule has 0 N–H and O–H groups in total. The molecular weight excluding hydrogens is 1560 g/mol. The van der Waals surface area contributed by atoms with Crippen molar-refractivity contribution in [2.45, 2.75) is 86.7 Å². The van der Waals surface area contributed by atoms with Crippen molar-refractivity contribution in [3.8, 4) is 68.3 Å². The average molecular weight is 1680 g/mol. The molecule has 3 saturated heterocycles.